The molecule has 0 bridgehead atoms. The molecule has 0 saturated heterocycles. The third-order valence-electron chi connectivity index (χ3n) is 3.80. The minimum Gasteiger partial charge on any atom is -0.452 e. The summed E-state index contributed by atoms with van der Waals surface area (Å²) >= 11 is 6.16. The second kappa shape index (κ2) is 9.09. The van der Waals surface area contributed by atoms with Crippen LogP contribution in [0.2, 0.25) is 5.15 Å². The summed E-state index contributed by atoms with van der Waals surface area (Å²) in [5, 5.41) is 6.55. The van der Waals surface area contributed by atoms with Gasteiger partial charge in [0.15, 0.2) is 6.61 Å². The number of aromatic nitrogens is 2. The number of aryl methyl sites for hydroxylation is 2. The lowest BCUT2D eigenvalue weighted by Gasteiger charge is -2.10. The first kappa shape index (κ1) is 21.7. The van der Waals surface area contributed by atoms with Crippen LogP contribution in [-0.2, 0) is 22.3 Å². The van der Waals surface area contributed by atoms with E-state index in [4.69, 9.17) is 16.3 Å². The average Bonchev–Trinajstić information content (AvgIpc) is 2.91. The van der Waals surface area contributed by atoms with Crippen molar-refractivity contribution in [1.82, 2.24) is 9.78 Å². The van der Waals surface area contributed by atoms with Crippen LogP contribution in [0.5, 0.6) is 0 Å². The van der Waals surface area contributed by atoms with E-state index in [1.807, 2.05) is 6.92 Å². The number of halogens is 4. The Balaban J connectivity index is 1.98. The number of nitrogens with zero attached hydrogens (tertiary/aromatic N) is 2. The Morgan fingerprint density at radius 1 is 1.32 bits per heavy atom. The second-order valence-corrected chi connectivity index (χ2v) is 6.39. The van der Waals surface area contributed by atoms with E-state index in [1.165, 1.54) is 10.7 Å². The molecule has 0 aliphatic carbocycles. The lowest BCUT2D eigenvalue weighted by Crippen LogP contribution is -2.21. The van der Waals surface area contributed by atoms with Gasteiger partial charge in [-0.3, -0.25) is 9.48 Å². The van der Waals surface area contributed by atoms with Gasteiger partial charge in [-0.1, -0.05) is 31.0 Å². The molecule has 0 spiro atoms. The summed E-state index contributed by atoms with van der Waals surface area (Å²) in [5.41, 5.74) is -0.532. The first-order valence-corrected chi connectivity index (χ1v) is 8.88. The molecular formula is C18H19ClF3N3O3. The molecule has 1 aromatic carbocycles. The Hall–Kier alpha value is -2.55. The summed E-state index contributed by atoms with van der Waals surface area (Å²) in [6.45, 7) is 3.46. The van der Waals surface area contributed by atoms with E-state index in [9.17, 15) is 22.8 Å². The molecular weight excluding hydrogens is 399 g/mol. The molecule has 0 unspecified atom stereocenters. The summed E-state index contributed by atoms with van der Waals surface area (Å²) in [6, 6.07) is 4.14. The number of esters is 1. The van der Waals surface area contributed by atoms with Crippen molar-refractivity contribution in [3.8, 4) is 0 Å². The van der Waals surface area contributed by atoms with Crippen LogP contribution in [0.25, 0.3) is 0 Å². The molecule has 0 radical (unpaired) electrons. The highest BCUT2D eigenvalue weighted by Crippen LogP contribution is 2.30. The van der Waals surface area contributed by atoms with Crippen molar-refractivity contribution in [1.29, 1.82) is 0 Å². The number of rotatable bonds is 7. The third kappa shape index (κ3) is 5.48. The summed E-state index contributed by atoms with van der Waals surface area (Å²) in [4.78, 5) is 24.1. The maximum Gasteiger partial charge on any atom is 0.416 e. The number of alkyl halides is 3. The molecule has 0 fully saturated rings. The van der Waals surface area contributed by atoms with Gasteiger partial charge in [0, 0.05) is 12.2 Å². The van der Waals surface area contributed by atoms with Crippen molar-refractivity contribution >= 4 is 29.2 Å². The standard InChI is InChI=1S/C18H19ClF3N3O3/c1-3-4-8-25-16(19)15(11(2)24-25)17(27)28-10-14(26)23-13-7-5-6-12(9-13)18(20,21)22/h5-7,9H,3-4,8,10H2,1-2H3,(H,23,26). The molecule has 2 aromatic rings. The third-order valence-corrected chi connectivity index (χ3v) is 4.19. The number of anilines is 1. The van der Waals surface area contributed by atoms with Gasteiger partial charge in [-0.2, -0.15) is 18.3 Å². The van der Waals surface area contributed by atoms with Crippen LogP contribution in [0.15, 0.2) is 24.3 Å². The van der Waals surface area contributed by atoms with Gasteiger partial charge in [0.25, 0.3) is 5.91 Å². The number of hydrogen-bond donors (Lipinski definition) is 1. The molecule has 0 aliphatic heterocycles. The Kier molecular flexibility index (Phi) is 7.06. The molecule has 1 aromatic heterocycles. The number of carbonyl (C=O) groups excluding carboxylic acids is 2. The zero-order valence-electron chi connectivity index (χ0n) is 15.3. The Labute approximate surface area is 164 Å². The highest BCUT2D eigenvalue weighted by Gasteiger charge is 2.30. The normalized spacial score (nSPS) is 11.4. The smallest absolute Gasteiger partial charge is 0.416 e. The molecule has 1 heterocycles. The number of unbranched alkanes of at least 4 members (excludes halogenated alkanes) is 1. The van der Waals surface area contributed by atoms with Gasteiger partial charge < -0.3 is 10.1 Å². The molecule has 1 amide bonds. The van der Waals surface area contributed by atoms with Gasteiger partial charge in [-0.25, -0.2) is 4.79 Å². The lowest BCUT2D eigenvalue weighted by atomic mass is 10.2. The van der Waals surface area contributed by atoms with Crippen LogP contribution < -0.4 is 5.32 Å². The number of carbonyl (C=O) groups is 2. The molecule has 2 rings (SSSR count). The fourth-order valence-electron chi connectivity index (χ4n) is 2.41. The van der Waals surface area contributed by atoms with Crippen LogP contribution in [-0.4, -0.2) is 28.3 Å². The Morgan fingerprint density at radius 3 is 2.68 bits per heavy atom. The largest absolute Gasteiger partial charge is 0.452 e. The zero-order valence-corrected chi connectivity index (χ0v) is 16.0. The molecule has 10 heteroatoms. The second-order valence-electron chi connectivity index (χ2n) is 6.03. The predicted octanol–water partition coefficient (Wildman–Crippen LogP) is 4.46. The number of nitrogens with one attached hydrogen (secondary N) is 1. The first-order chi connectivity index (χ1) is 13.1. The SMILES string of the molecule is CCCCn1nc(C)c(C(=O)OCC(=O)Nc2cccc(C(F)(F)F)c2)c1Cl. The summed E-state index contributed by atoms with van der Waals surface area (Å²) in [7, 11) is 0. The van der Waals surface area contributed by atoms with E-state index >= 15 is 0 Å². The zero-order chi connectivity index (χ0) is 20.9. The maximum absolute atomic E-state index is 12.7. The van der Waals surface area contributed by atoms with Crippen LogP contribution in [0.1, 0.15) is 41.4 Å². The molecule has 1 N–H and O–H groups in total. The van der Waals surface area contributed by atoms with Crippen molar-refractivity contribution in [3.05, 3.63) is 46.2 Å². The quantitative estimate of drug-likeness (QED) is 0.675. The highest BCUT2D eigenvalue weighted by atomic mass is 35.5. The first-order valence-electron chi connectivity index (χ1n) is 8.50. The number of hydrogen-bond acceptors (Lipinski definition) is 4. The van der Waals surface area contributed by atoms with Crippen LogP contribution in [0.3, 0.4) is 0 Å². The monoisotopic (exact) mass is 417 g/mol. The molecule has 0 saturated carbocycles. The number of ether oxygens (including phenoxy) is 1. The van der Waals surface area contributed by atoms with Crippen molar-refractivity contribution in [2.75, 3.05) is 11.9 Å². The summed E-state index contributed by atoms with van der Waals surface area (Å²) in [5.74, 6) is -1.61. The van der Waals surface area contributed by atoms with E-state index in [-0.39, 0.29) is 16.4 Å². The van der Waals surface area contributed by atoms with Gasteiger partial charge >= 0.3 is 12.1 Å². The van der Waals surface area contributed by atoms with E-state index < -0.39 is 30.2 Å². The lowest BCUT2D eigenvalue weighted by molar-refractivity contribution is -0.137. The Morgan fingerprint density at radius 2 is 2.04 bits per heavy atom. The Bertz CT molecular complexity index is 865. The van der Waals surface area contributed by atoms with E-state index in [1.54, 1.807) is 6.92 Å². The molecule has 6 nitrogen and oxygen atoms in total. The fraction of sp³-hybridized carbons (Fsp3) is 0.389. The highest BCUT2D eigenvalue weighted by molar-refractivity contribution is 6.32. The maximum atomic E-state index is 12.7. The molecule has 0 atom stereocenters. The number of amides is 1. The van der Waals surface area contributed by atoms with E-state index in [0.29, 0.717) is 12.2 Å². The molecule has 152 valence electrons. The van der Waals surface area contributed by atoms with Crippen molar-refractivity contribution < 1.29 is 27.5 Å². The van der Waals surface area contributed by atoms with E-state index in [0.717, 1.165) is 31.0 Å². The average molecular weight is 418 g/mol. The molecule has 0 aliphatic rings. The van der Waals surface area contributed by atoms with Gasteiger partial charge in [0.1, 0.15) is 10.7 Å². The molecule has 28 heavy (non-hydrogen) atoms. The van der Waals surface area contributed by atoms with Crippen LogP contribution in [0, 0.1) is 6.92 Å². The summed E-state index contributed by atoms with van der Waals surface area (Å²) in [6.07, 6.45) is -2.78. The van der Waals surface area contributed by atoms with Crippen molar-refractivity contribution in [3.63, 3.8) is 0 Å². The van der Waals surface area contributed by atoms with Crippen LogP contribution >= 0.6 is 11.6 Å². The van der Waals surface area contributed by atoms with Gasteiger partial charge in [-0.05, 0) is 31.5 Å². The van der Waals surface area contributed by atoms with Gasteiger partial charge in [0.2, 0.25) is 0 Å². The fourth-order valence-corrected chi connectivity index (χ4v) is 2.75. The van der Waals surface area contributed by atoms with E-state index in [2.05, 4.69) is 10.4 Å². The topological polar surface area (TPSA) is 73.2 Å². The van der Waals surface area contributed by atoms with Crippen LogP contribution in [0.4, 0.5) is 18.9 Å². The van der Waals surface area contributed by atoms with Crippen molar-refractivity contribution in [2.45, 2.75) is 39.4 Å². The number of benzene rings is 1. The van der Waals surface area contributed by atoms with Gasteiger partial charge in [-0.15, -0.1) is 0 Å². The minimum absolute atomic E-state index is 0.0579. The van der Waals surface area contributed by atoms with Gasteiger partial charge in [0.05, 0.1) is 11.3 Å². The predicted molar refractivity (Wildman–Crippen MR) is 97.2 cm³/mol. The van der Waals surface area contributed by atoms with Crippen molar-refractivity contribution in [2.24, 2.45) is 0 Å². The summed E-state index contributed by atoms with van der Waals surface area (Å²) < 4.78 is 44.5. The minimum atomic E-state index is -4.53.